The molecule has 0 saturated heterocycles. The van der Waals surface area contributed by atoms with Crippen molar-refractivity contribution in [1.29, 1.82) is 0 Å². The van der Waals surface area contributed by atoms with Gasteiger partial charge in [0.15, 0.2) is 0 Å². The van der Waals surface area contributed by atoms with Gasteiger partial charge in [0.25, 0.3) is 0 Å². The normalized spacial score (nSPS) is 10.8. The van der Waals surface area contributed by atoms with Gasteiger partial charge in [-0.3, -0.25) is 0 Å². The van der Waals surface area contributed by atoms with Crippen molar-refractivity contribution in [3.8, 4) is 5.88 Å². The lowest BCUT2D eigenvalue weighted by atomic mass is 10.4. The molecule has 108 valence electrons. The van der Waals surface area contributed by atoms with Crippen LogP contribution < -0.4 is 15.0 Å². The number of anilines is 1. The Kier molecular flexibility index (Phi) is 7.18. The van der Waals surface area contributed by atoms with Gasteiger partial charge in [-0.05, 0) is 13.3 Å². The Balaban J connectivity index is 2.58. The van der Waals surface area contributed by atoms with E-state index >= 15 is 0 Å². The SMILES string of the molecule is CCCOc1ccnc(N(CC)CCNC(C)C)n1. The molecule has 0 radical (unpaired) electrons. The minimum Gasteiger partial charge on any atom is -0.478 e. The average Bonchev–Trinajstić information content (AvgIpc) is 2.41. The number of nitrogens with one attached hydrogen (secondary N) is 1. The number of aromatic nitrogens is 2. The van der Waals surface area contributed by atoms with Crippen LogP contribution in [-0.2, 0) is 0 Å². The lowest BCUT2D eigenvalue weighted by molar-refractivity contribution is 0.304. The van der Waals surface area contributed by atoms with Crippen LogP contribution in [0.15, 0.2) is 12.3 Å². The summed E-state index contributed by atoms with van der Waals surface area (Å²) in [6, 6.07) is 2.30. The number of rotatable bonds is 9. The van der Waals surface area contributed by atoms with Crippen LogP contribution in [0.3, 0.4) is 0 Å². The second-order valence-electron chi connectivity index (χ2n) is 4.73. The van der Waals surface area contributed by atoms with Gasteiger partial charge in [-0.25, -0.2) is 4.98 Å². The first-order valence-electron chi connectivity index (χ1n) is 7.11. The van der Waals surface area contributed by atoms with Gasteiger partial charge in [-0.15, -0.1) is 0 Å². The van der Waals surface area contributed by atoms with Crippen LogP contribution in [0.5, 0.6) is 5.88 Å². The fraction of sp³-hybridized carbons (Fsp3) is 0.714. The van der Waals surface area contributed by atoms with Gasteiger partial charge in [-0.2, -0.15) is 4.98 Å². The third-order valence-corrected chi connectivity index (χ3v) is 2.67. The Hall–Kier alpha value is -1.36. The first kappa shape index (κ1) is 15.7. The lowest BCUT2D eigenvalue weighted by Gasteiger charge is -2.21. The van der Waals surface area contributed by atoms with Crippen LogP contribution in [0.4, 0.5) is 5.95 Å². The van der Waals surface area contributed by atoms with E-state index in [1.807, 2.05) is 0 Å². The highest BCUT2D eigenvalue weighted by Crippen LogP contribution is 2.12. The number of ether oxygens (including phenoxy) is 1. The van der Waals surface area contributed by atoms with Crippen molar-refractivity contribution in [3.05, 3.63) is 12.3 Å². The molecule has 0 fully saturated rings. The predicted octanol–water partition coefficient (Wildman–Crippen LogP) is 2.09. The summed E-state index contributed by atoms with van der Waals surface area (Å²) < 4.78 is 5.54. The summed E-state index contributed by atoms with van der Waals surface area (Å²) in [6.07, 6.45) is 2.74. The molecule has 1 N–H and O–H groups in total. The minimum atomic E-state index is 0.499. The molecule has 0 unspecified atom stereocenters. The zero-order valence-electron chi connectivity index (χ0n) is 12.5. The summed E-state index contributed by atoms with van der Waals surface area (Å²) in [4.78, 5) is 10.9. The minimum absolute atomic E-state index is 0.499. The molecule has 19 heavy (non-hydrogen) atoms. The molecule has 1 aromatic heterocycles. The average molecular weight is 266 g/mol. The van der Waals surface area contributed by atoms with E-state index in [-0.39, 0.29) is 0 Å². The Bertz CT molecular complexity index is 357. The van der Waals surface area contributed by atoms with Gasteiger partial charge < -0.3 is 15.0 Å². The Labute approximate surface area is 116 Å². The third-order valence-electron chi connectivity index (χ3n) is 2.67. The highest BCUT2D eigenvalue weighted by Gasteiger charge is 2.08. The molecule has 0 spiro atoms. The van der Waals surface area contributed by atoms with E-state index < -0.39 is 0 Å². The van der Waals surface area contributed by atoms with E-state index in [4.69, 9.17) is 4.74 Å². The van der Waals surface area contributed by atoms with E-state index in [1.54, 1.807) is 12.3 Å². The summed E-state index contributed by atoms with van der Waals surface area (Å²) >= 11 is 0. The van der Waals surface area contributed by atoms with E-state index in [0.29, 0.717) is 18.5 Å². The second kappa shape index (κ2) is 8.69. The van der Waals surface area contributed by atoms with Gasteiger partial charge in [-0.1, -0.05) is 20.8 Å². The van der Waals surface area contributed by atoms with Crippen molar-refractivity contribution >= 4 is 5.95 Å². The van der Waals surface area contributed by atoms with Crippen molar-refractivity contribution in [2.45, 2.75) is 40.2 Å². The number of hydrogen-bond acceptors (Lipinski definition) is 5. The number of hydrogen-bond donors (Lipinski definition) is 1. The molecule has 0 bridgehead atoms. The van der Waals surface area contributed by atoms with Crippen molar-refractivity contribution in [2.75, 3.05) is 31.1 Å². The van der Waals surface area contributed by atoms with E-state index in [0.717, 1.165) is 32.0 Å². The Morgan fingerprint density at radius 1 is 1.37 bits per heavy atom. The maximum Gasteiger partial charge on any atom is 0.228 e. The molecule has 0 atom stereocenters. The number of nitrogens with zero attached hydrogens (tertiary/aromatic N) is 3. The third kappa shape index (κ3) is 5.87. The Morgan fingerprint density at radius 2 is 2.16 bits per heavy atom. The predicted molar refractivity (Wildman–Crippen MR) is 78.8 cm³/mol. The van der Waals surface area contributed by atoms with E-state index in [9.17, 15) is 0 Å². The molecule has 0 aliphatic carbocycles. The fourth-order valence-electron chi connectivity index (χ4n) is 1.66. The molecule has 0 aliphatic rings. The monoisotopic (exact) mass is 266 g/mol. The topological polar surface area (TPSA) is 50.3 Å². The van der Waals surface area contributed by atoms with Gasteiger partial charge in [0.1, 0.15) is 0 Å². The van der Waals surface area contributed by atoms with Crippen LogP contribution in [0.1, 0.15) is 34.1 Å². The van der Waals surface area contributed by atoms with Crippen LogP contribution in [0.2, 0.25) is 0 Å². The molecular formula is C14H26N4O. The van der Waals surface area contributed by atoms with E-state index in [2.05, 4.69) is 47.9 Å². The molecule has 0 saturated carbocycles. The molecule has 0 amide bonds. The standard InChI is InChI=1S/C14H26N4O/c1-5-11-19-13-7-8-16-14(17-13)18(6-2)10-9-15-12(3)4/h7-8,12,15H,5-6,9-11H2,1-4H3. The summed E-state index contributed by atoms with van der Waals surface area (Å²) in [5.41, 5.74) is 0. The van der Waals surface area contributed by atoms with Crippen molar-refractivity contribution in [3.63, 3.8) is 0 Å². The molecule has 1 heterocycles. The van der Waals surface area contributed by atoms with Crippen molar-refractivity contribution < 1.29 is 4.74 Å². The summed E-state index contributed by atoms with van der Waals surface area (Å²) in [6.45, 7) is 11.9. The van der Waals surface area contributed by atoms with E-state index in [1.165, 1.54) is 0 Å². The largest absolute Gasteiger partial charge is 0.478 e. The zero-order chi connectivity index (χ0) is 14.1. The summed E-state index contributed by atoms with van der Waals surface area (Å²) in [7, 11) is 0. The molecule has 5 heteroatoms. The smallest absolute Gasteiger partial charge is 0.228 e. The summed E-state index contributed by atoms with van der Waals surface area (Å²) in [5, 5.41) is 3.40. The first-order chi connectivity index (χ1) is 9.17. The van der Waals surface area contributed by atoms with Crippen LogP contribution >= 0.6 is 0 Å². The Morgan fingerprint density at radius 3 is 2.79 bits per heavy atom. The van der Waals surface area contributed by atoms with Gasteiger partial charge in [0.05, 0.1) is 6.61 Å². The molecule has 0 aromatic carbocycles. The maximum atomic E-state index is 5.54. The lowest BCUT2D eigenvalue weighted by Crippen LogP contribution is -2.35. The molecule has 1 aromatic rings. The molecule has 5 nitrogen and oxygen atoms in total. The van der Waals surface area contributed by atoms with Crippen molar-refractivity contribution in [1.82, 2.24) is 15.3 Å². The summed E-state index contributed by atoms with van der Waals surface area (Å²) in [5.74, 6) is 1.39. The van der Waals surface area contributed by atoms with Gasteiger partial charge in [0.2, 0.25) is 11.8 Å². The highest BCUT2D eigenvalue weighted by molar-refractivity contribution is 5.31. The maximum absolute atomic E-state index is 5.54. The number of likely N-dealkylation sites (N-methyl/N-ethyl adjacent to an activating group) is 1. The second-order valence-corrected chi connectivity index (χ2v) is 4.73. The molecule has 0 aliphatic heterocycles. The highest BCUT2D eigenvalue weighted by atomic mass is 16.5. The van der Waals surface area contributed by atoms with Crippen LogP contribution in [0, 0.1) is 0 Å². The first-order valence-corrected chi connectivity index (χ1v) is 7.11. The zero-order valence-corrected chi connectivity index (χ0v) is 12.5. The van der Waals surface area contributed by atoms with Crippen molar-refractivity contribution in [2.24, 2.45) is 0 Å². The molecular weight excluding hydrogens is 240 g/mol. The van der Waals surface area contributed by atoms with Crippen LogP contribution in [-0.4, -0.2) is 42.3 Å². The quantitative estimate of drug-likeness (QED) is 0.741. The van der Waals surface area contributed by atoms with Gasteiger partial charge in [0, 0.05) is 37.9 Å². The molecule has 1 rings (SSSR count). The van der Waals surface area contributed by atoms with Crippen LogP contribution in [0.25, 0.3) is 0 Å². The van der Waals surface area contributed by atoms with Gasteiger partial charge >= 0.3 is 0 Å². The fourth-order valence-corrected chi connectivity index (χ4v) is 1.66.